The highest BCUT2D eigenvalue weighted by Gasteiger charge is 2.31. The molecule has 0 heterocycles. The number of halogens is 1. The van der Waals surface area contributed by atoms with Crippen molar-refractivity contribution < 1.29 is 4.39 Å². The molecule has 0 atom stereocenters. The molecule has 0 aliphatic heterocycles. The van der Waals surface area contributed by atoms with Crippen LogP contribution in [-0.4, -0.2) is 6.54 Å². The zero-order valence-electron chi connectivity index (χ0n) is 11.6. The second-order valence-electron chi connectivity index (χ2n) is 5.76. The van der Waals surface area contributed by atoms with Gasteiger partial charge in [0.1, 0.15) is 5.82 Å². The lowest BCUT2D eigenvalue weighted by molar-refractivity contribution is 0.267. The van der Waals surface area contributed by atoms with Gasteiger partial charge in [-0.3, -0.25) is 0 Å². The van der Waals surface area contributed by atoms with E-state index in [0.717, 1.165) is 17.7 Å². The van der Waals surface area contributed by atoms with Crippen molar-refractivity contribution in [1.82, 2.24) is 5.32 Å². The van der Waals surface area contributed by atoms with Crippen molar-refractivity contribution in [3.05, 3.63) is 35.1 Å². The van der Waals surface area contributed by atoms with E-state index < -0.39 is 0 Å². The largest absolute Gasteiger partial charge is 0.312 e. The average molecular weight is 249 g/mol. The lowest BCUT2D eigenvalue weighted by Crippen LogP contribution is -2.31. The fourth-order valence-electron chi connectivity index (χ4n) is 3.08. The third kappa shape index (κ3) is 3.11. The molecule has 1 aromatic carbocycles. The van der Waals surface area contributed by atoms with Crippen LogP contribution in [0.15, 0.2) is 18.2 Å². The van der Waals surface area contributed by atoms with Gasteiger partial charge in [0.05, 0.1) is 0 Å². The Labute approximate surface area is 110 Å². The van der Waals surface area contributed by atoms with Crippen LogP contribution in [-0.2, 0) is 6.54 Å². The molecule has 100 valence electrons. The Hall–Kier alpha value is -0.890. The highest BCUT2D eigenvalue weighted by atomic mass is 19.1. The second-order valence-corrected chi connectivity index (χ2v) is 5.76. The summed E-state index contributed by atoms with van der Waals surface area (Å²) >= 11 is 0. The highest BCUT2D eigenvalue weighted by molar-refractivity contribution is 5.23. The smallest absolute Gasteiger partial charge is 0.127 e. The van der Waals surface area contributed by atoms with Crippen LogP contribution < -0.4 is 5.32 Å². The summed E-state index contributed by atoms with van der Waals surface area (Å²) < 4.78 is 13.6. The molecule has 1 saturated carbocycles. The van der Waals surface area contributed by atoms with Gasteiger partial charge in [-0.05, 0) is 37.7 Å². The van der Waals surface area contributed by atoms with Crippen molar-refractivity contribution in [3.8, 4) is 0 Å². The summed E-state index contributed by atoms with van der Waals surface area (Å²) in [5, 5.41) is 3.46. The zero-order valence-corrected chi connectivity index (χ0v) is 11.6. The summed E-state index contributed by atoms with van der Waals surface area (Å²) in [5.41, 5.74) is 2.39. The summed E-state index contributed by atoms with van der Waals surface area (Å²) in [5.74, 6) is -0.0925. The molecule has 0 aromatic heterocycles. The van der Waals surface area contributed by atoms with Gasteiger partial charge in [0.15, 0.2) is 0 Å². The van der Waals surface area contributed by atoms with E-state index in [1.54, 1.807) is 6.07 Å². The fourth-order valence-corrected chi connectivity index (χ4v) is 3.08. The molecular formula is C16H24FN. The van der Waals surface area contributed by atoms with E-state index in [1.807, 2.05) is 19.1 Å². The lowest BCUT2D eigenvalue weighted by atomic mass is 9.83. The Balaban J connectivity index is 1.89. The Morgan fingerprint density at radius 1 is 1.28 bits per heavy atom. The summed E-state index contributed by atoms with van der Waals surface area (Å²) in [6.07, 6.45) is 6.60. The van der Waals surface area contributed by atoms with E-state index in [1.165, 1.54) is 32.1 Å². The van der Waals surface area contributed by atoms with Gasteiger partial charge in [-0.1, -0.05) is 37.5 Å². The predicted octanol–water partition coefficient (Wildman–Crippen LogP) is 4.19. The van der Waals surface area contributed by atoms with Gasteiger partial charge in [-0.25, -0.2) is 4.39 Å². The molecule has 2 rings (SSSR count). The molecule has 1 aliphatic rings. The molecule has 1 aliphatic carbocycles. The Bertz CT molecular complexity index is 394. The third-order valence-corrected chi connectivity index (χ3v) is 4.43. The van der Waals surface area contributed by atoms with Crippen LogP contribution in [0.1, 0.15) is 50.2 Å². The molecule has 1 aromatic rings. The first kappa shape index (κ1) is 13.5. The van der Waals surface area contributed by atoms with Crippen molar-refractivity contribution in [3.63, 3.8) is 0 Å². The fraction of sp³-hybridized carbons (Fsp3) is 0.625. The van der Waals surface area contributed by atoms with Gasteiger partial charge in [-0.2, -0.15) is 0 Å². The molecular weight excluding hydrogens is 225 g/mol. The quantitative estimate of drug-likeness (QED) is 0.825. The maximum absolute atomic E-state index is 13.6. The first-order valence-electron chi connectivity index (χ1n) is 7.11. The van der Waals surface area contributed by atoms with Gasteiger partial charge in [0.2, 0.25) is 0 Å². The van der Waals surface area contributed by atoms with Crippen LogP contribution in [0.4, 0.5) is 4.39 Å². The molecule has 0 spiro atoms. The normalized spacial score (nSPS) is 18.2. The van der Waals surface area contributed by atoms with Crippen molar-refractivity contribution in [2.45, 2.75) is 52.5 Å². The minimum atomic E-state index is -0.0925. The third-order valence-electron chi connectivity index (χ3n) is 4.43. The SMILES string of the molecule is CCC1(CNCc2cc(C)ccc2F)CCCC1. The Kier molecular flexibility index (Phi) is 4.39. The molecule has 1 N–H and O–H groups in total. The van der Waals surface area contributed by atoms with Crippen LogP contribution in [0.5, 0.6) is 0 Å². The maximum Gasteiger partial charge on any atom is 0.127 e. The molecule has 1 nitrogen and oxygen atoms in total. The topological polar surface area (TPSA) is 12.0 Å². The lowest BCUT2D eigenvalue weighted by Gasteiger charge is -2.27. The van der Waals surface area contributed by atoms with Crippen molar-refractivity contribution in [2.24, 2.45) is 5.41 Å². The van der Waals surface area contributed by atoms with Gasteiger partial charge < -0.3 is 5.32 Å². The van der Waals surface area contributed by atoms with E-state index in [0.29, 0.717) is 12.0 Å². The number of hydrogen-bond donors (Lipinski definition) is 1. The highest BCUT2D eigenvalue weighted by Crippen LogP contribution is 2.40. The average Bonchev–Trinajstić information content (AvgIpc) is 2.83. The monoisotopic (exact) mass is 249 g/mol. The van der Waals surface area contributed by atoms with E-state index in [2.05, 4.69) is 12.2 Å². The molecule has 1 fully saturated rings. The van der Waals surface area contributed by atoms with Crippen LogP contribution >= 0.6 is 0 Å². The number of aryl methyl sites for hydroxylation is 1. The number of rotatable bonds is 5. The molecule has 0 saturated heterocycles. The Morgan fingerprint density at radius 3 is 2.67 bits per heavy atom. The van der Waals surface area contributed by atoms with Gasteiger partial charge in [-0.15, -0.1) is 0 Å². The van der Waals surface area contributed by atoms with Crippen LogP contribution in [0.25, 0.3) is 0 Å². The summed E-state index contributed by atoms with van der Waals surface area (Å²) in [6.45, 7) is 5.96. The summed E-state index contributed by atoms with van der Waals surface area (Å²) in [7, 11) is 0. The summed E-state index contributed by atoms with van der Waals surface area (Å²) in [4.78, 5) is 0. The van der Waals surface area contributed by atoms with Crippen molar-refractivity contribution in [1.29, 1.82) is 0 Å². The Morgan fingerprint density at radius 2 is 2.00 bits per heavy atom. The predicted molar refractivity (Wildman–Crippen MR) is 74.0 cm³/mol. The van der Waals surface area contributed by atoms with Crippen LogP contribution in [0.3, 0.4) is 0 Å². The van der Waals surface area contributed by atoms with Gasteiger partial charge >= 0.3 is 0 Å². The van der Waals surface area contributed by atoms with E-state index in [9.17, 15) is 4.39 Å². The van der Waals surface area contributed by atoms with Gasteiger partial charge in [0.25, 0.3) is 0 Å². The number of hydrogen-bond acceptors (Lipinski definition) is 1. The molecule has 0 radical (unpaired) electrons. The minimum Gasteiger partial charge on any atom is -0.312 e. The van der Waals surface area contributed by atoms with Crippen LogP contribution in [0.2, 0.25) is 0 Å². The van der Waals surface area contributed by atoms with E-state index in [-0.39, 0.29) is 5.82 Å². The first-order valence-corrected chi connectivity index (χ1v) is 7.11. The van der Waals surface area contributed by atoms with Crippen LogP contribution in [0, 0.1) is 18.2 Å². The molecule has 2 heteroatoms. The van der Waals surface area contributed by atoms with Crippen molar-refractivity contribution in [2.75, 3.05) is 6.54 Å². The van der Waals surface area contributed by atoms with Gasteiger partial charge in [0, 0.05) is 18.7 Å². The molecule has 18 heavy (non-hydrogen) atoms. The standard InChI is InChI=1S/C16H24FN/c1-3-16(8-4-5-9-16)12-18-11-14-10-13(2)6-7-15(14)17/h6-7,10,18H,3-5,8-9,11-12H2,1-2H3. The van der Waals surface area contributed by atoms with E-state index >= 15 is 0 Å². The minimum absolute atomic E-state index is 0.0925. The second kappa shape index (κ2) is 5.83. The molecule has 0 bridgehead atoms. The number of benzene rings is 1. The summed E-state index contributed by atoms with van der Waals surface area (Å²) in [6, 6.07) is 5.33. The molecule has 0 amide bonds. The zero-order chi connectivity index (χ0) is 13.0. The maximum atomic E-state index is 13.6. The molecule has 0 unspecified atom stereocenters. The first-order chi connectivity index (χ1) is 8.65. The van der Waals surface area contributed by atoms with Crippen molar-refractivity contribution >= 4 is 0 Å². The number of nitrogens with one attached hydrogen (secondary N) is 1. The van der Waals surface area contributed by atoms with E-state index in [4.69, 9.17) is 0 Å².